The van der Waals surface area contributed by atoms with Gasteiger partial charge in [-0.3, -0.25) is 0 Å². The summed E-state index contributed by atoms with van der Waals surface area (Å²) in [5, 5.41) is 7.14. The van der Waals surface area contributed by atoms with Gasteiger partial charge >= 0.3 is 0 Å². The topological polar surface area (TPSA) is 24.1 Å². The molecule has 1 aliphatic heterocycles. The summed E-state index contributed by atoms with van der Waals surface area (Å²) in [6.45, 7) is 12.8. The van der Waals surface area contributed by atoms with Crippen LogP contribution in [0.15, 0.2) is 18.2 Å². The van der Waals surface area contributed by atoms with Crippen LogP contribution in [-0.2, 0) is 13.0 Å². The number of hydrogen-bond acceptors (Lipinski definition) is 2. The highest BCUT2D eigenvalue weighted by Crippen LogP contribution is 2.67. The van der Waals surface area contributed by atoms with E-state index in [1.807, 2.05) is 0 Å². The van der Waals surface area contributed by atoms with Crippen LogP contribution >= 0.6 is 0 Å². The molecular formula is C18H28N2. The van der Waals surface area contributed by atoms with E-state index in [0.29, 0.717) is 10.8 Å². The van der Waals surface area contributed by atoms with Gasteiger partial charge in [-0.1, -0.05) is 39.8 Å². The highest BCUT2D eigenvalue weighted by molar-refractivity contribution is 5.54. The fourth-order valence-electron chi connectivity index (χ4n) is 3.84. The molecule has 1 aliphatic carbocycles. The second kappa shape index (κ2) is 4.77. The first-order valence-electron chi connectivity index (χ1n) is 7.99. The van der Waals surface area contributed by atoms with Crippen molar-refractivity contribution >= 4 is 5.69 Å². The molecule has 1 aromatic rings. The Hall–Kier alpha value is -1.02. The zero-order valence-electron chi connectivity index (χ0n) is 13.3. The molecule has 20 heavy (non-hydrogen) atoms. The van der Waals surface area contributed by atoms with Crippen molar-refractivity contribution < 1.29 is 0 Å². The number of rotatable bonds is 4. The lowest BCUT2D eigenvalue weighted by Crippen LogP contribution is -2.19. The summed E-state index contributed by atoms with van der Waals surface area (Å²) in [5.41, 5.74) is 5.22. The third kappa shape index (κ3) is 2.24. The summed E-state index contributed by atoms with van der Waals surface area (Å²) < 4.78 is 0. The van der Waals surface area contributed by atoms with Crippen molar-refractivity contribution in [3.8, 4) is 0 Å². The summed E-state index contributed by atoms with van der Waals surface area (Å²) >= 11 is 0. The lowest BCUT2D eigenvalue weighted by atomic mass is 10.0. The molecular weight excluding hydrogens is 244 g/mol. The monoisotopic (exact) mass is 272 g/mol. The van der Waals surface area contributed by atoms with Gasteiger partial charge < -0.3 is 10.6 Å². The van der Waals surface area contributed by atoms with Crippen LogP contribution in [0.3, 0.4) is 0 Å². The third-order valence-corrected chi connectivity index (χ3v) is 6.11. The van der Waals surface area contributed by atoms with Gasteiger partial charge in [-0.15, -0.1) is 0 Å². The van der Waals surface area contributed by atoms with E-state index in [1.54, 1.807) is 0 Å². The molecule has 2 heteroatoms. The summed E-state index contributed by atoms with van der Waals surface area (Å²) in [7, 11) is 0. The average molecular weight is 272 g/mol. The van der Waals surface area contributed by atoms with Gasteiger partial charge in [0.1, 0.15) is 0 Å². The van der Waals surface area contributed by atoms with Gasteiger partial charge in [0.05, 0.1) is 0 Å². The summed E-state index contributed by atoms with van der Waals surface area (Å²) in [5.74, 6) is 0.800. The first kappa shape index (κ1) is 13.9. The number of fused-ring (bicyclic) bond motifs is 1. The Morgan fingerprint density at radius 3 is 2.65 bits per heavy atom. The van der Waals surface area contributed by atoms with E-state index < -0.39 is 0 Å². The number of benzene rings is 1. The Labute approximate surface area is 123 Å². The third-order valence-electron chi connectivity index (χ3n) is 6.11. The number of nitrogens with one attached hydrogen (secondary N) is 2. The molecule has 0 saturated heterocycles. The zero-order chi connectivity index (χ0) is 14.4. The van der Waals surface area contributed by atoms with Crippen molar-refractivity contribution in [3.63, 3.8) is 0 Å². The van der Waals surface area contributed by atoms with Crippen LogP contribution in [0.1, 0.15) is 45.2 Å². The minimum Gasteiger partial charge on any atom is -0.385 e. The van der Waals surface area contributed by atoms with Crippen LogP contribution < -0.4 is 10.6 Å². The van der Waals surface area contributed by atoms with Gasteiger partial charge in [-0.25, -0.2) is 0 Å². The van der Waals surface area contributed by atoms with Crippen LogP contribution in [0.25, 0.3) is 0 Å². The second-order valence-electron chi connectivity index (χ2n) is 7.65. The van der Waals surface area contributed by atoms with E-state index in [2.05, 4.69) is 56.5 Å². The molecule has 0 spiro atoms. The highest BCUT2D eigenvalue weighted by Gasteiger charge is 2.63. The largest absolute Gasteiger partial charge is 0.385 e. The Kier molecular flexibility index (Phi) is 3.32. The maximum absolute atomic E-state index is 3.66. The van der Waals surface area contributed by atoms with E-state index >= 15 is 0 Å². The highest BCUT2D eigenvalue weighted by atomic mass is 14.9. The molecule has 1 saturated carbocycles. The molecule has 1 heterocycles. The molecule has 0 atom stereocenters. The maximum atomic E-state index is 3.66. The van der Waals surface area contributed by atoms with Gasteiger partial charge in [0.2, 0.25) is 0 Å². The SMILES string of the molecule is CC1(C)C(CNCc2ccc3c(c2)CCCN3)C1(C)C. The summed E-state index contributed by atoms with van der Waals surface area (Å²) in [6, 6.07) is 6.88. The quantitative estimate of drug-likeness (QED) is 0.871. The summed E-state index contributed by atoms with van der Waals surface area (Å²) in [4.78, 5) is 0. The predicted molar refractivity (Wildman–Crippen MR) is 86.0 cm³/mol. The van der Waals surface area contributed by atoms with Crippen LogP contribution in [0, 0.1) is 16.7 Å². The molecule has 0 bridgehead atoms. The lowest BCUT2D eigenvalue weighted by Gasteiger charge is -2.18. The molecule has 0 radical (unpaired) electrons. The Morgan fingerprint density at radius 1 is 1.20 bits per heavy atom. The molecule has 1 aromatic carbocycles. The zero-order valence-corrected chi connectivity index (χ0v) is 13.3. The van der Waals surface area contributed by atoms with Crippen LogP contribution in [0.5, 0.6) is 0 Å². The minimum atomic E-state index is 0.486. The minimum absolute atomic E-state index is 0.486. The standard InChI is InChI=1S/C18H28N2/c1-17(2)16(18(17,3)4)12-19-11-13-7-8-15-14(10-13)6-5-9-20-15/h7-8,10,16,19-20H,5-6,9,11-12H2,1-4H3. The Balaban J connectivity index is 1.55. The molecule has 0 aromatic heterocycles. The molecule has 1 fully saturated rings. The van der Waals surface area contributed by atoms with Gasteiger partial charge in [0, 0.05) is 18.8 Å². The van der Waals surface area contributed by atoms with Crippen molar-refractivity contribution in [2.75, 3.05) is 18.4 Å². The van der Waals surface area contributed by atoms with Crippen molar-refractivity contribution in [3.05, 3.63) is 29.3 Å². The first-order valence-corrected chi connectivity index (χ1v) is 7.99. The fraction of sp³-hybridized carbons (Fsp3) is 0.667. The number of aryl methyl sites for hydroxylation is 1. The maximum Gasteiger partial charge on any atom is 0.0372 e. The first-order chi connectivity index (χ1) is 9.43. The average Bonchev–Trinajstić information content (AvgIpc) is 2.81. The molecule has 0 amide bonds. The molecule has 3 rings (SSSR count). The van der Waals surface area contributed by atoms with Gasteiger partial charge in [0.15, 0.2) is 0 Å². The van der Waals surface area contributed by atoms with E-state index in [1.165, 1.54) is 29.7 Å². The number of anilines is 1. The van der Waals surface area contributed by atoms with Crippen molar-refractivity contribution in [1.82, 2.24) is 5.32 Å². The second-order valence-corrected chi connectivity index (χ2v) is 7.65. The lowest BCUT2D eigenvalue weighted by molar-refractivity contribution is 0.457. The van der Waals surface area contributed by atoms with Crippen LogP contribution in [-0.4, -0.2) is 13.1 Å². The van der Waals surface area contributed by atoms with E-state index in [9.17, 15) is 0 Å². The molecule has 110 valence electrons. The normalized spacial score (nSPS) is 23.0. The van der Waals surface area contributed by atoms with Crippen molar-refractivity contribution in [2.24, 2.45) is 16.7 Å². The van der Waals surface area contributed by atoms with Crippen LogP contribution in [0.4, 0.5) is 5.69 Å². The smallest absolute Gasteiger partial charge is 0.0372 e. The predicted octanol–water partition coefficient (Wildman–Crippen LogP) is 3.82. The van der Waals surface area contributed by atoms with Gasteiger partial charge in [0.25, 0.3) is 0 Å². The van der Waals surface area contributed by atoms with Gasteiger partial charge in [-0.05, 0) is 53.3 Å². The number of hydrogen-bond donors (Lipinski definition) is 2. The van der Waals surface area contributed by atoms with Gasteiger partial charge in [-0.2, -0.15) is 0 Å². The molecule has 2 nitrogen and oxygen atoms in total. The molecule has 2 N–H and O–H groups in total. The van der Waals surface area contributed by atoms with E-state index in [0.717, 1.165) is 25.6 Å². The summed E-state index contributed by atoms with van der Waals surface area (Å²) in [6.07, 6.45) is 2.48. The molecule has 0 unspecified atom stereocenters. The fourth-order valence-corrected chi connectivity index (χ4v) is 3.84. The molecule has 2 aliphatic rings. The van der Waals surface area contributed by atoms with E-state index in [-0.39, 0.29) is 0 Å². The van der Waals surface area contributed by atoms with Crippen LogP contribution in [0.2, 0.25) is 0 Å². The van der Waals surface area contributed by atoms with Crippen molar-refractivity contribution in [2.45, 2.75) is 47.1 Å². The Bertz CT molecular complexity index is 488. The van der Waals surface area contributed by atoms with E-state index in [4.69, 9.17) is 0 Å². The van der Waals surface area contributed by atoms with Crippen molar-refractivity contribution in [1.29, 1.82) is 0 Å². The Morgan fingerprint density at radius 2 is 1.95 bits per heavy atom.